The van der Waals surface area contributed by atoms with Crippen LogP contribution in [0.5, 0.6) is 0 Å². The van der Waals surface area contributed by atoms with Crippen LogP contribution in [-0.2, 0) is 14.8 Å². The minimum absolute atomic E-state index is 0.0425. The Morgan fingerprint density at radius 3 is 2.29 bits per heavy atom. The average molecular weight is 356 g/mol. The molecule has 9 heteroatoms. The number of carbonyl (C=O) groups is 1. The first-order chi connectivity index (χ1) is 9.49. The van der Waals surface area contributed by atoms with Gasteiger partial charge in [0.25, 0.3) is 0 Å². The molecule has 0 amide bonds. The lowest BCUT2D eigenvalue weighted by Crippen LogP contribution is -2.47. The number of carboxylic acid groups (broad SMARTS) is 1. The van der Waals surface area contributed by atoms with E-state index < -0.39 is 28.1 Å². The Bertz CT molecular complexity index is 646. The maximum Gasteiger partial charge on any atom is 0.324 e. The van der Waals surface area contributed by atoms with Crippen molar-refractivity contribution in [2.75, 3.05) is 0 Å². The summed E-state index contributed by atoms with van der Waals surface area (Å²) in [4.78, 5) is 10.7. The minimum atomic E-state index is -4.26. The molecule has 1 rings (SSSR count). The predicted octanol–water partition coefficient (Wildman–Crippen LogP) is 1.72. The number of aliphatic carboxylic acids is 1. The van der Waals surface area contributed by atoms with E-state index in [-0.39, 0.29) is 20.5 Å². The number of aliphatic hydroxyl groups is 1. The zero-order valence-corrected chi connectivity index (χ0v) is 13.8. The Morgan fingerprint density at radius 2 is 1.86 bits per heavy atom. The van der Waals surface area contributed by atoms with E-state index in [9.17, 15) is 18.3 Å². The molecule has 0 aromatic heterocycles. The second-order valence-electron chi connectivity index (χ2n) is 4.62. The van der Waals surface area contributed by atoms with Crippen molar-refractivity contribution in [3.8, 4) is 0 Å². The molecule has 0 bridgehead atoms. The summed E-state index contributed by atoms with van der Waals surface area (Å²) in [6.07, 6.45) is -1.42. The van der Waals surface area contributed by atoms with E-state index in [0.29, 0.717) is 5.56 Å². The number of benzene rings is 1. The molecule has 2 atom stereocenters. The summed E-state index contributed by atoms with van der Waals surface area (Å²) in [6, 6.07) is -0.175. The van der Waals surface area contributed by atoms with Crippen LogP contribution in [0, 0.1) is 13.8 Å². The summed E-state index contributed by atoms with van der Waals surface area (Å²) < 4.78 is 26.7. The third-order valence-electron chi connectivity index (χ3n) is 2.89. The molecule has 118 valence electrons. The van der Waals surface area contributed by atoms with Crippen LogP contribution in [0.2, 0.25) is 10.0 Å². The highest BCUT2D eigenvalue weighted by Crippen LogP contribution is 2.33. The number of nitrogens with one attached hydrogen (secondary N) is 1. The quantitative estimate of drug-likeness (QED) is 0.745. The fourth-order valence-corrected chi connectivity index (χ4v) is 4.19. The van der Waals surface area contributed by atoms with Crippen LogP contribution in [0.3, 0.4) is 0 Å². The second kappa shape index (κ2) is 6.50. The van der Waals surface area contributed by atoms with E-state index in [1.807, 2.05) is 4.72 Å². The van der Waals surface area contributed by atoms with Crippen molar-refractivity contribution in [1.29, 1.82) is 0 Å². The van der Waals surface area contributed by atoms with Gasteiger partial charge in [0.15, 0.2) is 0 Å². The van der Waals surface area contributed by atoms with Gasteiger partial charge < -0.3 is 10.2 Å². The molecule has 0 aliphatic heterocycles. The van der Waals surface area contributed by atoms with Crippen LogP contribution < -0.4 is 4.72 Å². The fraction of sp³-hybridized carbons (Fsp3) is 0.417. The SMILES string of the molecule is Cc1cc(Cl)c(C)c(S(=O)(=O)NC(C(=O)O)C(C)O)c1Cl. The molecule has 1 aromatic carbocycles. The van der Waals surface area contributed by atoms with Crippen LogP contribution in [0.25, 0.3) is 0 Å². The monoisotopic (exact) mass is 355 g/mol. The van der Waals surface area contributed by atoms with Crippen molar-refractivity contribution in [3.05, 3.63) is 27.2 Å². The molecule has 0 aliphatic carbocycles. The highest BCUT2D eigenvalue weighted by Gasteiger charge is 2.32. The number of hydrogen-bond acceptors (Lipinski definition) is 4. The van der Waals surface area contributed by atoms with Crippen molar-refractivity contribution in [2.24, 2.45) is 0 Å². The van der Waals surface area contributed by atoms with Crippen LogP contribution in [0.15, 0.2) is 11.0 Å². The zero-order valence-electron chi connectivity index (χ0n) is 11.5. The molecule has 1 aromatic rings. The van der Waals surface area contributed by atoms with Crippen LogP contribution in [0.1, 0.15) is 18.1 Å². The molecule has 0 radical (unpaired) electrons. The van der Waals surface area contributed by atoms with E-state index >= 15 is 0 Å². The van der Waals surface area contributed by atoms with Gasteiger partial charge in [0.2, 0.25) is 10.0 Å². The minimum Gasteiger partial charge on any atom is -0.480 e. The molecular weight excluding hydrogens is 341 g/mol. The normalized spacial score (nSPS) is 14.8. The first-order valence-electron chi connectivity index (χ1n) is 5.87. The second-order valence-corrected chi connectivity index (χ2v) is 7.06. The van der Waals surface area contributed by atoms with Crippen LogP contribution in [-0.4, -0.2) is 36.7 Å². The third-order valence-corrected chi connectivity index (χ3v) is 5.49. The van der Waals surface area contributed by atoms with Gasteiger partial charge in [0.1, 0.15) is 10.9 Å². The fourth-order valence-electron chi connectivity index (χ4n) is 1.71. The lowest BCUT2D eigenvalue weighted by atomic mass is 10.2. The third kappa shape index (κ3) is 3.87. The number of carboxylic acids is 1. The Balaban J connectivity index is 3.42. The smallest absolute Gasteiger partial charge is 0.324 e. The Kier molecular flexibility index (Phi) is 5.63. The first-order valence-corrected chi connectivity index (χ1v) is 8.11. The Hall–Kier alpha value is -0.860. The van der Waals surface area contributed by atoms with Crippen molar-refractivity contribution in [2.45, 2.75) is 37.8 Å². The van der Waals surface area contributed by atoms with Crippen molar-refractivity contribution >= 4 is 39.2 Å². The van der Waals surface area contributed by atoms with E-state index in [1.165, 1.54) is 19.9 Å². The molecule has 2 unspecified atom stereocenters. The lowest BCUT2D eigenvalue weighted by Gasteiger charge is -2.19. The number of hydrogen-bond donors (Lipinski definition) is 3. The molecule has 0 saturated heterocycles. The molecule has 0 saturated carbocycles. The average Bonchev–Trinajstić information content (AvgIpc) is 2.33. The maximum atomic E-state index is 12.4. The molecule has 6 nitrogen and oxygen atoms in total. The molecule has 0 spiro atoms. The van der Waals surface area contributed by atoms with Crippen LogP contribution in [0.4, 0.5) is 0 Å². The van der Waals surface area contributed by atoms with E-state index in [0.717, 1.165) is 0 Å². The summed E-state index contributed by atoms with van der Waals surface area (Å²) >= 11 is 12.0. The molecular formula is C12H15Cl2NO5S. The highest BCUT2D eigenvalue weighted by molar-refractivity contribution is 7.89. The van der Waals surface area contributed by atoms with Gasteiger partial charge in [-0.05, 0) is 38.0 Å². The van der Waals surface area contributed by atoms with E-state index in [2.05, 4.69) is 0 Å². The first kappa shape index (κ1) is 18.2. The Morgan fingerprint density at radius 1 is 1.33 bits per heavy atom. The summed E-state index contributed by atoms with van der Waals surface area (Å²) in [5.41, 5.74) is 0.645. The maximum absolute atomic E-state index is 12.4. The van der Waals surface area contributed by atoms with Gasteiger partial charge >= 0.3 is 5.97 Å². The lowest BCUT2D eigenvalue weighted by molar-refractivity contribution is -0.141. The van der Waals surface area contributed by atoms with Gasteiger partial charge in [-0.1, -0.05) is 23.2 Å². The highest BCUT2D eigenvalue weighted by atomic mass is 35.5. The van der Waals surface area contributed by atoms with Crippen molar-refractivity contribution in [3.63, 3.8) is 0 Å². The topological polar surface area (TPSA) is 104 Å². The number of halogens is 2. The van der Waals surface area contributed by atoms with E-state index in [1.54, 1.807) is 6.92 Å². The van der Waals surface area contributed by atoms with Gasteiger partial charge in [-0.3, -0.25) is 4.79 Å². The van der Waals surface area contributed by atoms with Gasteiger partial charge in [-0.25, -0.2) is 8.42 Å². The summed E-state index contributed by atoms with van der Waals surface area (Å²) in [5, 5.41) is 18.5. The van der Waals surface area contributed by atoms with Crippen LogP contribution >= 0.6 is 23.2 Å². The summed E-state index contributed by atoms with van der Waals surface area (Å²) in [5.74, 6) is -1.50. The van der Waals surface area contributed by atoms with Crippen molar-refractivity contribution in [1.82, 2.24) is 4.72 Å². The molecule has 0 heterocycles. The zero-order chi connectivity index (χ0) is 16.5. The molecule has 0 aliphatic rings. The van der Waals surface area contributed by atoms with E-state index in [4.69, 9.17) is 28.3 Å². The van der Waals surface area contributed by atoms with Crippen molar-refractivity contribution < 1.29 is 23.4 Å². The molecule has 21 heavy (non-hydrogen) atoms. The molecule has 3 N–H and O–H groups in total. The Labute approximate surface area is 132 Å². The summed E-state index contributed by atoms with van der Waals surface area (Å²) in [6.45, 7) is 4.20. The predicted molar refractivity (Wildman–Crippen MR) is 79.4 cm³/mol. The number of aryl methyl sites for hydroxylation is 1. The number of sulfonamides is 1. The van der Waals surface area contributed by atoms with Gasteiger partial charge in [-0.15, -0.1) is 0 Å². The number of aliphatic hydroxyl groups excluding tert-OH is 1. The summed E-state index contributed by atoms with van der Waals surface area (Å²) in [7, 11) is -4.26. The molecule has 0 fully saturated rings. The largest absolute Gasteiger partial charge is 0.480 e. The van der Waals surface area contributed by atoms with Gasteiger partial charge in [0.05, 0.1) is 11.1 Å². The number of rotatable bonds is 5. The van der Waals surface area contributed by atoms with Gasteiger partial charge in [-0.2, -0.15) is 4.72 Å². The van der Waals surface area contributed by atoms with Gasteiger partial charge in [0, 0.05) is 5.02 Å². The standard InChI is InChI=1S/C12H15Cl2NO5S/c1-5-4-8(13)6(2)11(9(5)14)21(19,20)15-10(7(3)16)12(17)18/h4,7,10,15-16H,1-3H3,(H,17,18).